The van der Waals surface area contributed by atoms with E-state index in [1.165, 1.54) is 116 Å². The molecule has 0 bridgehead atoms. The van der Waals surface area contributed by atoms with Gasteiger partial charge < -0.3 is 40.3 Å². The number of amides is 1. The molecule has 1 amide bonds. The fourth-order valence-corrected chi connectivity index (χ4v) is 8.09. The monoisotopic (exact) mass is 840 g/mol. The van der Waals surface area contributed by atoms with E-state index in [1.807, 2.05) is 0 Å². The van der Waals surface area contributed by atoms with Crippen LogP contribution in [0.3, 0.4) is 0 Å². The summed E-state index contributed by atoms with van der Waals surface area (Å²) < 4.78 is 47.3. The van der Waals surface area contributed by atoms with E-state index in [2.05, 4.69) is 23.3 Å². The van der Waals surface area contributed by atoms with E-state index >= 15 is 0 Å². The van der Waals surface area contributed by atoms with E-state index in [1.54, 1.807) is 0 Å². The number of aliphatic hydroxyl groups is 5. The molecule has 0 aromatic carbocycles. The Morgan fingerprint density at radius 3 is 1.40 bits per heavy atom. The van der Waals surface area contributed by atoms with Crippen LogP contribution in [0.15, 0.2) is 0 Å². The van der Waals surface area contributed by atoms with E-state index in [-0.39, 0.29) is 6.42 Å². The third kappa shape index (κ3) is 27.5. The Balaban J connectivity index is 2.35. The standard InChI is InChI=1S/C43H85NO12S/c1-3-5-7-9-11-12-13-14-15-16-17-18-19-20-21-22-23-24-25-26-28-30-32-37(47)42(50)44-35(36(46)31-29-27-10-8-6-4-2)34-54-43-40(49)41(56-57(51,52)53)39(48)38(33-45)55-43/h35-41,43,45-49H,3-34H2,1-2H3,(H,44,50)(H,51,52,53). The molecule has 0 aromatic heterocycles. The van der Waals surface area contributed by atoms with Gasteiger partial charge in [-0.1, -0.05) is 194 Å². The van der Waals surface area contributed by atoms with Crippen molar-refractivity contribution in [2.75, 3.05) is 13.2 Å². The van der Waals surface area contributed by atoms with Crippen molar-refractivity contribution < 1.29 is 57.0 Å². The Morgan fingerprint density at radius 2 is 1.02 bits per heavy atom. The predicted octanol–water partition coefficient (Wildman–Crippen LogP) is 7.58. The molecule has 8 atom stereocenters. The average Bonchev–Trinajstić information content (AvgIpc) is 3.18. The second-order valence-electron chi connectivity index (χ2n) is 16.5. The van der Waals surface area contributed by atoms with Crippen molar-refractivity contribution in [1.82, 2.24) is 5.32 Å². The van der Waals surface area contributed by atoms with Crippen molar-refractivity contribution in [1.29, 1.82) is 0 Å². The Morgan fingerprint density at radius 1 is 0.632 bits per heavy atom. The van der Waals surface area contributed by atoms with Crippen LogP contribution in [-0.2, 0) is 28.9 Å². The zero-order valence-corrected chi connectivity index (χ0v) is 36.6. The largest absolute Gasteiger partial charge is 0.397 e. The fourth-order valence-electron chi connectivity index (χ4n) is 7.58. The normalized spacial score (nSPS) is 21.7. The SMILES string of the molecule is CCCCCCCCCCCCCCCCCCCCCCCCC(O)C(=O)NC(COC1OC(CO)C(O)C(OS(=O)(=O)O)C1O)C(O)CCCCCCCC. The zero-order chi connectivity index (χ0) is 42.2. The van der Waals surface area contributed by atoms with Crippen molar-refractivity contribution in [3.05, 3.63) is 0 Å². The number of carbonyl (C=O) groups excluding carboxylic acids is 1. The van der Waals surface area contributed by atoms with Crippen LogP contribution in [0.25, 0.3) is 0 Å². The van der Waals surface area contributed by atoms with Gasteiger partial charge in [-0.15, -0.1) is 0 Å². The highest BCUT2D eigenvalue weighted by Gasteiger charge is 2.48. The first-order valence-corrected chi connectivity index (χ1v) is 24.4. The highest BCUT2D eigenvalue weighted by atomic mass is 32.3. The third-order valence-electron chi connectivity index (χ3n) is 11.3. The lowest BCUT2D eigenvalue weighted by molar-refractivity contribution is -0.298. The Hall–Kier alpha value is -0.940. The molecule has 1 heterocycles. The maximum Gasteiger partial charge on any atom is 0.397 e. The van der Waals surface area contributed by atoms with Crippen molar-refractivity contribution in [2.45, 2.75) is 255 Å². The van der Waals surface area contributed by atoms with Crippen LogP contribution in [0.2, 0.25) is 0 Å². The number of carbonyl (C=O) groups is 1. The van der Waals surface area contributed by atoms with Crippen molar-refractivity contribution >= 4 is 16.3 Å². The van der Waals surface area contributed by atoms with Crippen LogP contribution in [-0.4, -0.2) is 107 Å². The van der Waals surface area contributed by atoms with Crippen molar-refractivity contribution in [3.63, 3.8) is 0 Å². The lowest BCUT2D eigenvalue weighted by Crippen LogP contribution is -2.61. The summed E-state index contributed by atoms with van der Waals surface area (Å²) >= 11 is 0. The smallest absolute Gasteiger partial charge is 0.394 e. The molecule has 0 aromatic rings. The minimum absolute atomic E-state index is 0.265. The minimum Gasteiger partial charge on any atom is -0.394 e. The molecule has 0 aliphatic carbocycles. The number of nitrogens with one attached hydrogen (secondary N) is 1. The van der Waals surface area contributed by atoms with Gasteiger partial charge in [-0.3, -0.25) is 9.35 Å². The molecular formula is C43H85NO12S. The Labute approximate surface area is 346 Å². The average molecular weight is 840 g/mol. The first kappa shape index (κ1) is 54.1. The molecule has 14 heteroatoms. The number of hydrogen-bond acceptors (Lipinski definition) is 11. The summed E-state index contributed by atoms with van der Waals surface area (Å²) in [7, 11) is -5.10. The van der Waals surface area contributed by atoms with Gasteiger partial charge in [0.1, 0.15) is 30.5 Å². The molecule has 8 unspecified atom stereocenters. The molecule has 1 saturated heterocycles. The summed E-state index contributed by atoms with van der Waals surface area (Å²) in [5.74, 6) is -0.671. The maximum absolute atomic E-state index is 13.0. The van der Waals surface area contributed by atoms with Crippen LogP contribution >= 0.6 is 0 Å². The molecular weight excluding hydrogens is 755 g/mol. The number of hydrogen-bond donors (Lipinski definition) is 7. The minimum atomic E-state index is -5.10. The van der Waals surface area contributed by atoms with Gasteiger partial charge in [-0.05, 0) is 12.8 Å². The van der Waals surface area contributed by atoms with E-state index < -0.39 is 78.5 Å². The Bertz CT molecular complexity index is 1050. The summed E-state index contributed by atoms with van der Waals surface area (Å²) in [6.45, 7) is 3.20. The molecule has 1 rings (SSSR count). The van der Waals surface area contributed by atoms with Crippen LogP contribution in [0.5, 0.6) is 0 Å². The fraction of sp³-hybridized carbons (Fsp3) is 0.977. The van der Waals surface area contributed by atoms with Gasteiger partial charge in [0.2, 0.25) is 5.91 Å². The predicted molar refractivity (Wildman–Crippen MR) is 224 cm³/mol. The number of ether oxygens (including phenoxy) is 2. The van der Waals surface area contributed by atoms with Crippen molar-refractivity contribution in [3.8, 4) is 0 Å². The lowest BCUT2D eigenvalue weighted by atomic mass is 9.99. The molecule has 1 aliphatic rings. The topological polar surface area (TPSA) is 212 Å². The van der Waals surface area contributed by atoms with Gasteiger partial charge in [-0.25, -0.2) is 4.18 Å². The molecule has 57 heavy (non-hydrogen) atoms. The highest BCUT2D eigenvalue weighted by molar-refractivity contribution is 7.80. The van der Waals surface area contributed by atoms with Crippen LogP contribution in [0.4, 0.5) is 0 Å². The third-order valence-corrected chi connectivity index (χ3v) is 11.7. The van der Waals surface area contributed by atoms with E-state index in [0.717, 1.165) is 51.4 Å². The number of aliphatic hydroxyl groups excluding tert-OH is 5. The summed E-state index contributed by atoms with van der Waals surface area (Å²) in [6.07, 6.45) is 23.6. The quantitative estimate of drug-likeness (QED) is 0.0236. The summed E-state index contributed by atoms with van der Waals surface area (Å²) in [5, 5.41) is 55.0. The number of unbranched alkanes of at least 4 members (excludes halogenated alkanes) is 26. The Kier molecular flexibility index (Phi) is 33.0. The van der Waals surface area contributed by atoms with Gasteiger partial charge in [0.25, 0.3) is 0 Å². The lowest BCUT2D eigenvalue weighted by Gasteiger charge is -2.41. The van der Waals surface area contributed by atoms with Crippen LogP contribution in [0.1, 0.15) is 206 Å². The van der Waals surface area contributed by atoms with E-state index in [9.17, 15) is 38.7 Å². The first-order valence-electron chi connectivity index (χ1n) is 23.0. The number of rotatable bonds is 39. The molecule has 7 N–H and O–H groups in total. The van der Waals surface area contributed by atoms with Crippen LogP contribution in [0, 0.1) is 0 Å². The maximum atomic E-state index is 13.0. The molecule has 1 aliphatic heterocycles. The first-order chi connectivity index (χ1) is 27.4. The van der Waals surface area contributed by atoms with Gasteiger partial charge in [0.15, 0.2) is 6.29 Å². The summed E-state index contributed by atoms with van der Waals surface area (Å²) in [5.41, 5.74) is 0. The van der Waals surface area contributed by atoms with E-state index in [4.69, 9.17) is 14.0 Å². The second-order valence-corrected chi connectivity index (χ2v) is 17.5. The molecule has 0 radical (unpaired) electrons. The molecule has 1 fully saturated rings. The van der Waals surface area contributed by atoms with Gasteiger partial charge in [-0.2, -0.15) is 8.42 Å². The molecule has 13 nitrogen and oxygen atoms in total. The van der Waals surface area contributed by atoms with Gasteiger partial charge in [0, 0.05) is 0 Å². The molecule has 0 spiro atoms. The molecule has 340 valence electrons. The second kappa shape index (κ2) is 34.7. The summed E-state index contributed by atoms with van der Waals surface area (Å²) in [4.78, 5) is 13.0. The molecule has 0 saturated carbocycles. The highest BCUT2D eigenvalue weighted by Crippen LogP contribution is 2.26. The van der Waals surface area contributed by atoms with Gasteiger partial charge >= 0.3 is 10.4 Å². The van der Waals surface area contributed by atoms with E-state index in [0.29, 0.717) is 19.3 Å². The summed E-state index contributed by atoms with van der Waals surface area (Å²) in [6, 6.07) is -1.02. The zero-order valence-electron chi connectivity index (χ0n) is 35.8. The van der Waals surface area contributed by atoms with Crippen LogP contribution < -0.4 is 5.32 Å². The van der Waals surface area contributed by atoms with Gasteiger partial charge in [0.05, 0.1) is 25.4 Å². The van der Waals surface area contributed by atoms with Crippen molar-refractivity contribution in [2.24, 2.45) is 0 Å².